The first-order valence-corrected chi connectivity index (χ1v) is 8.40. The van der Waals surface area contributed by atoms with Crippen molar-refractivity contribution in [1.29, 1.82) is 0 Å². The third kappa shape index (κ3) is 3.02. The second-order valence-corrected chi connectivity index (χ2v) is 6.79. The predicted molar refractivity (Wildman–Crippen MR) is 82.2 cm³/mol. The van der Waals surface area contributed by atoms with Crippen molar-refractivity contribution in [2.75, 3.05) is 13.1 Å². The van der Waals surface area contributed by atoms with Gasteiger partial charge in [-0.25, -0.2) is 0 Å². The van der Waals surface area contributed by atoms with Gasteiger partial charge in [-0.2, -0.15) is 0 Å². The third-order valence-electron chi connectivity index (χ3n) is 4.88. The van der Waals surface area contributed by atoms with Gasteiger partial charge in [-0.3, -0.25) is 9.69 Å². The molecule has 1 amide bonds. The Hall–Kier alpha value is -1.43. The minimum Gasteiger partial charge on any atom is -0.424 e. The van der Waals surface area contributed by atoms with Crippen LogP contribution in [0.1, 0.15) is 64.2 Å². The van der Waals surface area contributed by atoms with Crippen molar-refractivity contribution in [3.63, 3.8) is 0 Å². The number of carbonyl (C=O) groups is 1. The summed E-state index contributed by atoms with van der Waals surface area (Å²) in [7, 11) is 0. The van der Waals surface area contributed by atoms with Gasteiger partial charge in [-0.15, -0.1) is 10.2 Å². The molecule has 2 atom stereocenters. The highest BCUT2D eigenvalue weighted by atomic mass is 16.4. The first-order valence-electron chi connectivity index (χ1n) is 8.40. The van der Waals surface area contributed by atoms with Crippen LogP contribution in [0.25, 0.3) is 0 Å². The van der Waals surface area contributed by atoms with E-state index in [4.69, 9.17) is 4.42 Å². The van der Waals surface area contributed by atoms with E-state index in [1.165, 1.54) is 6.42 Å². The minimum absolute atomic E-state index is 0.203. The summed E-state index contributed by atoms with van der Waals surface area (Å²) in [5.41, 5.74) is 0. The smallest absolute Gasteiger partial charge is 0.230 e. The lowest BCUT2D eigenvalue weighted by molar-refractivity contribution is -0.130. The molecule has 0 bridgehead atoms. The first-order chi connectivity index (χ1) is 10.6. The van der Waals surface area contributed by atoms with Gasteiger partial charge < -0.3 is 9.32 Å². The zero-order valence-electron chi connectivity index (χ0n) is 13.8. The van der Waals surface area contributed by atoms with Crippen LogP contribution in [0.2, 0.25) is 0 Å². The molecule has 22 heavy (non-hydrogen) atoms. The van der Waals surface area contributed by atoms with Crippen molar-refractivity contribution in [2.24, 2.45) is 0 Å². The van der Waals surface area contributed by atoms with Crippen molar-refractivity contribution in [1.82, 2.24) is 20.0 Å². The molecule has 0 saturated carbocycles. The quantitative estimate of drug-likeness (QED) is 0.853. The van der Waals surface area contributed by atoms with E-state index in [9.17, 15) is 4.79 Å². The predicted octanol–water partition coefficient (Wildman–Crippen LogP) is 2.17. The summed E-state index contributed by atoms with van der Waals surface area (Å²) in [5.74, 6) is 1.87. The van der Waals surface area contributed by atoms with Crippen LogP contribution in [0.5, 0.6) is 0 Å². The Labute approximate surface area is 131 Å². The van der Waals surface area contributed by atoms with Crippen molar-refractivity contribution in [2.45, 2.75) is 71.0 Å². The van der Waals surface area contributed by atoms with Gasteiger partial charge >= 0.3 is 0 Å². The molecule has 6 heteroatoms. The topological polar surface area (TPSA) is 62.5 Å². The molecule has 0 spiro atoms. The van der Waals surface area contributed by atoms with Gasteiger partial charge in [-0.05, 0) is 32.2 Å². The number of carbonyl (C=O) groups excluding carboxylic acids is 1. The lowest BCUT2D eigenvalue weighted by Crippen LogP contribution is -2.47. The van der Waals surface area contributed by atoms with E-state index in [2.05, 4.69) is 33.8 Å². The van der Waals surface area contributed by atoms with E-state index in [0.717, 1.165) is 32.4 Å². The maximum absolute atomic E-state index is 11.8. The maximum Gasteiger partial charge on any atom is 0.230 e. The molecule has 3 heterocycles. The fourth-order valence-corrected chi connectivity index (χ4v) is 3.80. The molecule has 0 aromatic carbocycles. The second kappa shape index (κ2) is 6.36. The summed E-state index contributed by atoms with van der Waals surface area (Å²) < 4.78 is 5.75. The highest BCUT2D eigenvalue weighted by Gasteiger charge is 2.39. The number of nitrogens with zero attached hydrogens (tertiary/aromatic N) is 4. The van der Waals surface area contributed by atoms with Crippen LogP contribution in [0.15, 0.2) is 4.42 Å². The molecule has 0 radical (unpaired) electrons. The molecule has 3 rings (SSSR count). The Balaban J connectivity index is 1.68. The van der Waals surface area contributed by atoms with E-state index in [0.29, 0.717) is 30.4 Å². The van der Waals surface area contributed by atoms with Crippen LogP contribution in [-0.4, -0.2) is 51.1 Å². The van der Waals surface area contributed by atoms with E-state index in [-0.39, 0.29) is 11.8 Å². The Morgan fingerprint density at radius 1 is 1.23 bits per heavy atom. The standard InChI is InChI=1S/C16H26N4O2/c1-11(2)16-18-17-15(22-16)10-19-8-4-6-13(19)14-7-5-9-20(14)12(3)21/h11,13-14H,4-10H2,1-3H3/t13-,14-/m0/s1. The Morgan fingerprint density at radius 2 is 1.95 bits per heavy atom. The fraction of sp³-hybridized carbons (Fsp3) is 0.812. The Morgan fingerprint density at radius 3 is 2.64 bits per heavy atom. The van der Waals surface area contributed by atoms with Crippen molar-refractivity contribution >= 4 is 5.91 Å². The van der Waals surface area contributed by atoms with E-state index >= 15 is 0 Å². The van der Waals surface area contributed by atoms with Gasteiger partial charge in [0, 0.05) is 31.5 Å². The van der Waals surface area contributed by atoms with Crippen LogP contribution in [-0.2, 0) is 11.3 Å². The van der Waals surface area contributed by atoms with Crippen LogP contribution in [0.4, 0.5) is 0 Å². The molecule has 122 valence electrons. The van der Waals surface area contributed by atoms with Gasteiger partial charge in [-0.1, -0.05) is 13.8 Å². The normalized spacial score (nSPS) is 26.3. The highest BCUT2D eigenvalue weighted by molar-refractivity contribution is 5.74. The first kappa shape index (κ1) is 15.5. The zero-order valence-corrected chi connectivity index (χ0v) is 13.8. The van der Waals surface area contributed by atoms with Crippen LogP contribution < -0.4 is 0 Å². The molecular formula is C16H26N4O2. The summed E-state index contributed by atoms with van der Waals surface area (Å²) in [5, 5.41) is 8.29. The molecule has 2 aliphatic heterocycles. The molecule has 0 N–H and O–H groups in total. The van der Waals surface area contributed by atoms with Crippen molar-refractivity contribution < 1.29 is 9.21 Å². The number of aromatic nitrogens is 2. The average molecular weight is 306 g/mol. The van der Waals surface area contributed by atoms with Gasteiger partial charge in [0.15, 0.2) is 0 Å². The Bertz CT molecular complexity index is 528. The molecule has 2 saturated heterocycles. The molecule has 2 fully saturated rings. The number of likely N-dealkylation sites (tertiary alicyclic amines) is 2. The number of amides is 1. The van der Waals surface area contributed by atoms with Crippen molar-refractivity contribution in [3.8, 4) is 0 Å². The Kier molecular flexibility index (Phi) is 4.47. The lowest BCUT2D eigenvalue weighted by Gasteiger charge is -2.34. The zero-order chi connectivity index (χ0) is 15.7. The molecular weight excluding hydrogens is 280 g/mol. The van der Waals surface area contributed by atoms with E-state index < -0.39 is 0 Å². The van der Waals surface area contributed by atoms with E-state index in [1.807, 2.05) is 0 Å². The van der Waals surface area contributed by atoms with Gasteiger partial charge in [0.2, 0.25) is 17.7 Å². The fourth-order valence-electron chi connectivity index (χ4n) is 3.80. The second-order valence-electron chi connectivity index (χ2n) is 6.79. The lowest BCUT2D eigenvalue weighted by atomic mass is 10.0. The summed E-state index contributed by atoms with van der Waals surface area (Å²) >= 11 is 0. The molecule has 1 aromatic heterocycles. The van der Waals surface area contributed by atoms with E-state index in [1.54, 1.807) is 6.92 Å². The summed E-state index contributed by atoms with van der Waals surface area (Å²) in [6, 6.07) is 0.785. The van der Waals surface area contributed by atoms with Gasteiger partial charge in [0.1, 0.15) is 0 Å². The SMILES string of the molecule is CC(=O)N1CCC[C@H]1[C@@H]1CCCN1Cc1nnc(C(C)C)o1. The average Bonchev–Trinajstić information content (AvgIpc) is 3.17. The summed E-state index contributed by atoms with van der Waals surface area (Å²) in [6.07, 6.45) is 4.56. The van der Waals surface area contributed by atoms with Crippen molar-refractivity contribution in [3.05, 3.63) is 11.8 Å². The molecule has 0 unspecified atom stereocenters. The summed E-state index contributed by atoms with van der Waals surface area (Å²) in [6.45, 7) is 8.45. The van der Waals surface area contributed by atoms with Gasteiger partial charge in [0.25, 0.3) is 0 Å². The highest BCUT2D eigenvalue weighted by Crippen LogP contribution is 2.31. The molecule has 6 nitrogen and oxygen atoms in total. The summed E-state index contributed by atoms with van der Waals surface area (Å²) in [4.78, 5) is 16.3. The number of hydrogen-bond donors (Lipinski definition) is 0. The van der Waals surface area contributed by atoms with Crippen LogP contribution in [0.3, 0.4) is 0 Å². The molecule has 0 aliphatic carbocycles. The maximum atomic E-state index is 11.8. The monoisotopic (exact) mass is 306 g/mol. The molecule has 1 aromatic rings. The third-order valence-corrected chi connectivity index (χ3v) is 4.88. The van der Waals surface area contributed by atoms with Crippen LogP contribution >= 0.6 is 0 Å². The number of rotatable bonds is 4. The minimum atomic E-state index is 0.203. The van der Waals surface area contributed by atoms with Gasteiger partial charge in [0.05, 0.1) is 6.54 Å². The molecule has 2 aliphatic rings. The number of hydrogen-bond acceptors (Lipinski definition) is 5. The van der Waals surface area contributed by atoms with Crippen LogP contribution in [0, 0.1) is 0 Å². The largest absolute Gasteiger partial charge is 0.424 e.